The summed E-state index contributed by atoms with van der Waals surface area (Å²) in [5.41, 5.74) is -2.20. The van der Waals surface area contributed by atoms with Crippen molar-refractivity contribution in [3.8, 4) is 11.1 Å². The van der Waals surface area contributed by atoms with Crippen molar-refractivity contribution in [2.24, 2.45) is 0 Å². The molecule has 0 fully saturated rings. The van der Waals surface area contributed by atoms with Crippen LogP contribution in [0.15, 0.2) is 69.9 Å². The van der Waals surface area contributed by atoms with Gasteiger partial charge >= 0.3 is 23.7 Å². The van der Waals surface area contributed by atoms with Gasteiger partial charge in [0.05, 0.1) is 28.3 Å². The van der Waals surface area contributed by atoms with Crippen molar-refractivity contribution < 1.29 is 46.2 Å². The van der Waals surface area contributed by atoms with Crippen LogP contribution in [0.5, 0.6) is 0 Å². The molecule has 43 heavy (non-hydrogen) atoms. The highest BCUT2D eigenvalue weighted by molar-refractivity contribution is 6.32. The molecule has 0 bridgehead atoms. The number of carboxylic acid groups (broad SMARTS) is 1. The van der Waals surface area contributed by atoms with Crippen molar-refractivity contribution >= 4 is 52.2 Å². The van der Waals surface area contributed by atoms with Crippen molar-refractivity contribution in [3.05, 3.63) is 104 Å². The first-order valence-electron chi connectivity index (χ1n) is 12.3. The van der Waals surface area contributed by atoms with E-state index in [4.69, 9.17) is 25.9 Å². The molecule has 1 aromatic heterocycles. The zero-order valence-electron chi connectivity index (χ0n) is 22.1. The molecular formula is C30H20ClF4NO7. The summed E-state index contributed by atoms with van der Waals surface area (Å²) >= 11 is 6.31. The maximum Gasteiger partial charge on any atom is 0.418 e. The minimum atomic E-state index is -4.99. The molecule has 4 rings (SSSR count). The Bertz CT molecular complexity index is 1850. The number of aliphatic carboxylic acids is 1. The maximum atomic E-state index is 13.6. The van der Waals surface area contributed by atoms with E-state index in [9.17, 15) is 36.7 Å². The lowest BCUT2D eigenvalue weighted by Gasteiger charge is -2.16. The standard InChI is InChI=1S/C30H20ClF4NO7/c1-15(37)42-14-18-10-20-25(13-23(18)31)43-29(41)21(28(20)17-4-2-3-16(9-17)5-8-27(39)40)12-26(38)36-24-7-6-19(32)11-22(24)30(33,34)35/h2-11,13H,12,14H2,1H3,(H,36,38)(H,39,40). The van der Waals surface area contributed by atoms with E-state index in [0.717, 1.165) is 18.2 Å². The fraction of sp³-hybridized carbons (Fsp3) is 0.133. The fourth-order valence-electron chi connectivity index (χ4n) is 4.27. The first kappa shape index (κ1) is 31.0. The molecule has 3 aromatic carbocycles. The molecule has 0 saturated carbocycles. The minimum absolute atomic E-state index is 0.00916. The number of halogens is 5. The lowest BCUT2D eigenvalue weighted by atomic mass is 9.93. The molecule has 2 N–H and O–H groups in total. The van der Waals surface area contributed by atoms with Crippen molar-refractivity contribution in [1.82, 2.24) is 0 Å². The summed E-state index contributed by atoms with van der Waals surface area (Å²) in [4.78, 5) is 48.7. The number of benzene rings is 3. The Morgan fingerprint density at radius 3 is 2.51 bits per heavy atom. The molecule has 1 heterocycles. The Balaban J connectivity index is 1.89. The zero-order chi connectivity index (χ0) is 31.5. The number of anilines is 1. The van der Waals surface area contributed by atoms with E-state index in [0.29, 0.717) is 16.7 Å². The first-order chi connectivity index (χ1) is 20.2. The predicted octanol–water partition coefficient (Wildman–Crippen LogP) is 6.61. The largest absolute Gasteiger partial charge is 0.478 e. The molecular weight excluding hydrogens is 598 g/mol. The molecule has 222 valence electrons. The van der Waals surface area contributed by atoms with Crippen molar-refractivity contribution in [2.45, 2.75) is 26.1 Å². The van der Waals surface area contributed by atoms with Gasteiger partial charge in [-0.05, 0) is 47.5 Å². The maximum absolute atomic E-state index is 13.6. The van der Waals surface area contributed by atoms with E-state index < -0.39 is 53.1 Å². The van der Waals surface area contributed by atoms with Crippen LogP contribution in [0.25, 0.3) is 28.2 Å². The van der Waals surface area contributed by atoms with Gasteiger partial charge in [0.25, 0.3) is 0 Å². The van der Waals surface area contributed by atoms with E-state index >= 15 is 0 Å². The Kier molecular flexibility index (Phi) is 9.00. The second-order valence-electron chi connectivity index (χ2n) is 9.17. The van der Waals surface area contributed by atoms with Gasteiger partial charge in [-0.3, -0.25) is 9.59 Å². The number of alkyl halides is 3. The highest BCUT2D eigenvalue weighted by Gasteiger charge is 2.34. The van der Waals surface area contributed by atoms with Crippen LogP contribution in [0.1, 0.15) is 29.2 Å². The third kappa shape index (κ3) is 7.46. The van der Waals surface area contributed by atoms with Gasteiger partial charge in [0.2, 0.25) is 5.91 Å². The second kappa shape index (κ2) is 12.5. The molecule has 0 unspecified atom stereocenters. The van der Waals surface area contributed by atoms with Gasteiger partial charge in [-0.15, -0.1) is 0 Å². The first-order valence-corrected chi connectivity index (χ1v) is 12.7. The van der Waals surface area contributed by atoms with Crippen LogP contribution in [0.3, 0.4) is 0 Å². The van der Waals surface area contributed by atoms with Crippen LogP contribution in [0.2, 0.25) is 5.02 Å². The SMILES string of the molecule is CC(=O)OCc1cc2c(-c3cccc(C=CC(=O)O)c3)c(CC(=O)Nc3ccc(F)cc3C(F)(F)F)c(=O)oc2cc1Cl. The van der Waals surface area contributed by atoms with Crippen LogP contribution in [-0.2, 0) is 38.3 Å². The summed E-state index contributed by atoms with van der Waals surface area (Å²) in [5.74, 6) is -4.01. The number of carboxylic acids is 1. The van der Waals surface area contributed by atoms with Gasteiger partial charge < -0.3 is 19.6 Å². The number of rotatable bonds is 8. The van der Waals surface area contributed by atoms with E-state index in [1.807, 2.05) is 0 Å². The molecule has 0 spiro atoms. The Hall–Kier alpha value is -4.97. The van der Waals surface area contributed by atoms with Crippen LogP contribution < -0.4 is 10.9 Å². The number of hydrogen-bond donors (Lipinski definition) is 2. The molecule has 0 saturated heterocycles. The van der Waals surface area contributed by atoms with Gasteiger partial charge in [0.15, 0.2) is 0 Å². The van der Waals surface area contributed by atoms with Gasteiger partial charge in [-0.1, -0.05) is 29.8 Å². The quantitative estimate of drug-likeness (QED) is 0.0987. The highest BCUT2D eigenvalue weighted by Crippen LogP contribution is 2.37. The molecule has 0 atom stereocenters. The van der Waals surface area contributed by atoms with Crippen LogP contribution >= 0.6 is 11.6 Å². The van der Waals surface area contributed by atoms with E-state index in [1.54, 1.807) is 18.2 Å². The number of fused-ring (bicyclic) bond motifs is 1. The van der Waals surface area contributed by atoms with Crippen LogP contribution in [0, 0.1) is 5.82 Å². The predicted molar refractivity (Wildman–Crippen MR) is 149 cm³/mol. The summed E-state index contributed by atoms with van der Waals surface area (Å²) in [6.07, 6.45) is -3.57. The average Bonchev–Trinajstić information content (AvgIpc) is 2.92. The number of amides is 1. The number of nitrogens with one attached hydrogen (secondary N) is 1. The number of ether oxygens (including phenoxy) is 1. The van der Waals surface area contributed by atoms with Gasteiger partial charge in [0.1, 0.15) is 18.0 Å². The fourth-order valence-corrected chi connectivity index (χ4v) is 4.47. The van der Waals surface area contributed by atoms with E-state index in [2.05, 4.69) is 5.32 Å². The number of esters is 1. The van der Waals surface area contributed by atoms with Crippen LogP contribution in [0.4, 0.5) is 23.2 Å². The summed E-state index contributed by atoms with van der Waals surface area (Å²) in [6, 6.07) is 10.7. The van der Waals surface area contributed by atoms with E-state index in [-0.39, 0.29) is 39.8 Å². The molecule has 13 heteroatoms. The summed E-state index contributed by atoms with van der Waals surface area (Å²) in [5, 5.41) is 11.4. The normalized spacial score (nSPS) is 11.6. The van der Waals surface area contributed by atoms with Gasteiger partial charge in [0, 0.05) is 35.6 Å². The summed E-state index contributed by atoms with van der Waals surface area (Å²) in [7, 11) is 0. The summed E-state index contributed by atoms with van der Waals surface area (Å²) < 4.78 is 64.5. The summed E-state index contributed by atoms with van der Waals surface area (Å²) in [6.45, 7) is 0.947. The van der Waals surface area contributed by atoms with Crippen molar-refractivity contribution in [2.75, 3.05) is 5.32 Å². The molecule has 0 aliphatic rings. The third-order valence-electron chi connectivity index (χ3n) is 6.09. The van der Waals surface area contributed by atoms with Crippen molar-refractivity contribution in [1.29, 1.82) is 0 Å². The van der Waals surface area contributed by atoms with Gasteiger partial charge in [-0.25, -0.2) is 14.0 Å². The number of hydrogen-bond acceptors (Lipinski definition) is 6. The minimum Gasteiger partial charge on any atom is -0.478 e. The smallest absolute Gasteiger partial charge is 0.418 e. The Labute approximate surface area is 245 Å². The topological polar surface area (TPSA) is 123 Å². The molecule has 8 nitrogen and oxygen atoms in total. The van der Waals surface area contributed by atoms with E-state index in [1.165, 1.54) is 31.2 Å². The molecule has 1 amide bonds. The Morgan fingerprint density at radius 2 is 1.84 bits per heavy atom. The third-order valence-corrected chi connectivity index (χ3v) is 6.44. The molecule has 4 aromatic rings. The van der Waals surface area contributed by atoms with Gasteiger partial charge in [-0.2, -0.15) is 13.2 Å². The lowest BCUT2D eigenvalue weighted by Crippen LogP contribution is -2.22. The number of carbonyl (C=O) groups is 3. The Morgan fingerprint density at radius 1 is 1.09 bits per heavy atom. The van der Waals surface area contributed by atoms with Crippen molar-refractivity contribution in [3.63, 3.8) is 0 Å². The molecule has 0 radical (unpaired) electrons. The monoisotopic (exact) mass is 617 g/mol. The highest BCUT2D eigenvalue weighted by atomic mass is 35.5. The average molecular weight is 618 g/mol. The lowest BCUT2D eigenvalue weighted by molar-refractivity contribution is -0.142. The zero-order valence-corrected chi connectivity index (χ0v) is 22.8. The second-order valence-corrected chi connectivity index (χ2v) is 9.58. The van der Waals surface area contributed by atoms with Crippen LogP contribution in [-0.4, -0.2) is 23.0 Å². The molecule has 0 aliphatic heterocycles. The molecule has 0 aliphatic carbocycles. The number of carbonyl (C=O) groups excluding carboxylic acids is 2.